The number of nitrogens with one attached hydrogen (secondary N) is 1. The highest BCUT2D eigenvalue weighted by Crippen LogP contribution is 2.35. The van der Waals surface area contributed by atoms with Crippen LogP contribution in [0.25, 0.3) is 0 Å². The van der Waals surface area contributed by atoms with E-state index in [4.69, 9.17) is 16.3 Å². The van der Waals surface area contributed by atoms with Gasteiger partial charge in [-0.1, -0.05) is 23.7 Å². The van der Waals surface area contributed by atoms with Gasteiger partial charge in [0, 0.05) is 17.6 Å². The van der Waals surface area contributed by atoms with Crippen LogP contribution >= 0.6 is 11.6 Å². The summed E-state index contributed by atoms with van der Waals surface area (Å²) >= 11 is 6.20. The zero-order valence-corrected chi connectivity index (χ0v) is 12.4. The van der Waals surface area contributed by atoms with E-state index < -0.39 is 5.41 Å². The molecule has 0 amide bonds. The molecule has 19 heavy (non-hydrogen) atoms. The Balaban J connectivity index is 2.04. The van der Waals surface area contributed by atoms with Crippen LogP contribution in [0.2, 0.25) is 5.02 Å². The molecule has 0 heterocycles. The highest BCUT2D eigenvalue weighted by molar-refractivity contribution is 6.31. The van der Waals surface area contributed by atoms with E-state index in [0.29, 0.717) is 6.54 Å². The fourth-order valence-corrected chi connectivity index (χ4v) is 2.82. The minimum absolute atomic E-state index is 0.190. The summed E-state index contributed by atoms with van der Waals surface area (Å²) in [6.07, 6.45) is 2.02. The highest BCUT2D eigenvalue weighted by Gasteiger charge is 2.31. The van der Waals surface area contributed by atoms with Crippen molar-refractivity contribution in [3.8, 4) is 0 Å². The lowest BCUT2D eigenvalue weighted by atomic mass is 9.93. The van der Waals surface area contributed by atoms with E-state index >= 15 is 0 Å². The number of halogens is 1. The number of carbonyl (C=O) groups is 1. The topological polar surface area (TPSA) is 38.3 Å². The van der Waals surface area contributed by atoms with Crippen molar-refractivity contribution >= 4 is 17.6 Å². The Morgan fingerprint density at radius 1 is 1.53 bits per heavy atom. The smallest absolute Gasteiger partial charge is 0.312 e. The zero-order chi connectivity index (χ0) is 14.0. The van der Waals surface area contributed by atoms with Gasteiger partial charge in [-0.15, -0.1) is 0 Å². The van der Waals surface area contributed by atoms with E-state index in [1.54, 1.807) is 0 Å². The standard InChI is InChI=1S/C15H20ClNO2/c1-15(2,14(18)19-3)9-17-13-8-7-10-11(13)5-4-6-12(10)16/h4-6,13,17H,7-9H2,1-3H3/t13-/m0/s1. The van der Waals surface area contributed by atoms with Crippen molar-refractivity contribution < 1.29 is 9.53 Å². The summed E-state index contributed by atoms with van der Waals surface area (Å²) in [5.74, 6) is -0.190. The molecule has 1 aromatic carbocycles. The first-order valence-corrected chi connectivity index (χ1v) is 6.92. The molecule has 0 spiro atoms. The molecule has 1 atom stereocenters. The third kappa shape index (κ3) is 2.93. The van der Waals surface area contributed by atoms with Gasteiger partial charge in [0.05, 0.1) is 12.5 Å². The van der Waals surface area contributed by atoms with Gasteiger partial charge in [-0.05, 0) is 43.9 Å². The monoisotopic (exact) mass is 281 g/mol. The van der Waals surface area contributed by atoms with Crippen LogP contribution in [0.15, 0.2) is 18.2 Å². The molecule has 1 aliphatic carbocycles. The summed E-state index contributed by atoms with van der Waals surface area (Å²) in [6.45, 7) is 4.37. The number of hydrogen-bond acceptors (Lipinski definition) is 3. The molecular formula is C15H20ClNO2. The SMILES string of the molecule is COC(=O)C(C)(C)CN[C@H]1CCc2c(Cl)cccc21. The number of methoxy groups -OCH3 is 1. The van der Waals surface area contributed by atoms with Crippen molar-refractivity contribution in [2.45, 2.75) is 32.7 Å². The Hall–Kier alpha value is -1.06. The van der Waals surface area contributed by atoms with Crippen LogP contribution in [-0.2, 0) is 16.0 Å². The molecule has 3 nitrogen and oxygen atoms in total. The van der Waals surface area contributed by atoms with Crippen molar-refractivity contribution in [1.82, 2.24) is 5.32 Å². The molecule has 0 saturated carbocycles. The van der Waals surface area contributed by atoms with Gasteiger partial charge < -0.3 is 10.1 Å². The number of esters is 1. The molecule has 0 bridgehead atoms. The number of carbonyl (C=O) groups excluding carboxylic acids is 1. The van der Waals surface area contributed by atoms with Crippen LogP contribution in [0.3, 0.4) is 0 Å². The molecule has 0 radical (unpaired) electrons. The molecule has 1 aliphatic rings. The quantitative estimate of drug-likeness (QED) is 0.862. The molecule has 0 unspecified atom stereocenters. The van der Waals surface area contributed by atoms with Crippen molar-refractivity contribution in [2.24, 2.45) is 5.41 Å². The summed E-state index contributed by atoms with van der Waals surface area (Å²) in [5.41, 5.74) is 1.97. The van der Waals surface area contributed by atoms with Gasteiger partial charge in [-0.2, -0.15) is 0 Å². The van der Waals surface area contributed by atoms with Crippen LogP contribution in [0.5, 0.6) is 0 Å². The van der Waals surface area contributed by atoms with E-state index in [1.165, 1.54) is 18.2 Å². The normalized spacial score (nSPS) is 18.2. The first-order valence-electron chi connectivity index (χ1n) is 6.55. The molecule has 4 heteroatoms. The van der Waals surface area contributed by atoms with Gasteiger partial charge in [-0.25, -0.2) is 0 Å². The lowest BCUT2D eigenvalue weighted by Gasteiger charge is -2.24. The van der Waals surface area contributed by atoms with E-state index in [9.17, 15) is 4.79 Å². The van der Waals surface area contributed by atoms with Crippen LogP contribution in [0.1, 0.15) is 37.4 Å². The zero-order valence-electron chi connectivity index (χ0n) is 11.6. The first-order chi connectivity index (χ1) is 8.95. The minimum atomic E-state index is -0.518. The second-order valence-electron chi connectivity index (χ2n) is 5.66. The lowest BCUT2D eigenvalue weighted by molar-refractivity contribution is -0.150. The molecule has 0 fully saturated rings. The molecule has 0 aromatic heterocycles. The van der Waals surface area contributed by atoms with Crippen LogP contribution in [0, 0.1) is 5.41 Å². The molecule has 104 valence electrons. The maximum atomic E-state index is 11.7. The van der Waals surface area contributed by atoms with Crippen LogP contribution < -0.4 is 5.32 Å². The summed E-state index contributed by atoms with van der Waals surface area (Å²) in [4.78, 5) is 11.7. The highest BCUT2D eigenvalue weighted by atomic mass is 35.5. The third-order valence-corrected chi connectivity index (χ3v) is 4.10. The predicted octanol–water partition coefficient (Wildman–Crippen LogP) is 3.12. The Morgan fingerprint density at radius 3 is 2.95 bits per heavy atom. The van der Waals surface area contributed by atoms with Gasteiger partial charge in [0.1, 0.15) is 0 Å². The number of ether oxygens (including phenoxy) is 1. The van der Waals surface area contributed by atoms with Gasteiger partial charge in [0.15, 0.2) is 0 Å². The second-order valence-corrected chi connectivity index (χ2v) is 6.06. The first kappa shape index (κ1) is 14.4. The maximum Gasteiger partial charge on any atom is 0.312 e. The van der Waals surface area contributed by atoms with Gasteiger partial charge >= 0.3 is 5.97 Å². The average molecular weight is 282 g/mol. The van der Waals surface area contributed by atoms with Crippen molar-refractivity contribution in [3.05, 3.63) is 34.3 Å². The number of benzene rings is 1. The van der Waals surface area contributed by atoms with Crippen molar-refractivity contribution in [1.29, 1.82) is 0 Å². The minimum Gasteiger partial charge on any atom is -0.469 e. The van der Waals surface area contributed by atoms with Gasteiger partial charge in [-0.3, -0.25) is 4.79 Å². The fourth-order valence-electron chi connectivity index (χ4n) is 2.55. The predicted molar refractivity (Wildman–Crippen MR) is 76.3 cm³/mol. The molecule has 2 rings (SSSR count). The molecule has 0 saturated heterocycles. The summed E-state index contributed by atoms with van der Waals surface area (Å²) in [5, 5.41) is 4.30. The van der Waals surface area contributed by atoms with Crippen LogP contribution in [0.4, 0.5) is 0 Å². The lowest BCUT2D eigenvalue weighted by Crippen LogP contribution is -2.38. The third-order valence-electron chi connectivity index (χ3n) is 3.74. The van der Waals surface area contributed by atoms with Crippen LogP contribution in [-0.4, -0.2) is 19.6 Å². The Kier molecular flexibility index (Phi) is 4.16. The number of hydrogen-bond donors (Lipinski definition) is 1. The van der Waals surface area contributed by atoms with E-state index in [0.717, 1.165) is 17.9 Å². The number of rotatable bonds is 4. The average Bonchev–Trinajstić information content (AvgIpc) is 2.80. The van der Waals surface area contributed by atoms with E-state index in [-0.39, 0.29) is 12.0 Å². The van der Waals surface area contributed by atoms with Crippen molar-refractivity contribution in [3.63, 3.8) is 0 Å². The molecule has 1 aromatic rings. The Morgan fingerprint density at radius 2 is 2.26 bits per heavy atom. The number of fused-ring (bicyclic) bond motifs is 1. The van der Waals surface area contributed by atoms with E-state index in [2.05, 4.69) is 11.4 Å². The second kappa shape index (κ2) is 5.51. The van der Waals surface area contributed by atoms with Gasteiger partial charge in [0.2, 0.25) is 0 Å². The summed E-state index contributed by atoms with van der Waals surface area (Å²) in [6, 6.07) is 6.29. The summed E-state index contributed by atoms with van der Waals surface area (Å²) < 4.78 is 4.82. The maximum absolute atomic E-state index is 11.7. The molecular weight excluding hydrogens is 262 g/mol. The fraction of sp³-hybridized carbons (Fsp3) is 0.533. The summed E-state index contributed by atoms with van der Waals surface area (Å²) in [7, 11) is 1.43. The Labute approximate surface area is 119 Å². The molecule has 1 N–H and O–H groups in total. The van der Waals surface area contributed by atoms with Gasteiger partial charge in [0.25, 0.3) is 0 Å². The largest absolute Gasteiger partial charge is 0.469 e. The van der Waals surface area contributed by atoms with Crippen molar-refractivity contribution in [2.75, 3.05) is 13.7 Å². The Bertz CT molecular complexity index is 485. The molecule has 0 aliphatic heterocycles. The van der Waals surface area contributed by atoms with E-state index in [1.807, 2.05) is 26.0 Å².